The molecule has 43 atom stereocenters. The number of ether oxygens (including phenoxy) is 19. The first-order valence-corrected chi connectivity index (χ1v) is 37.1. The molecule has 18 N–H and O–H groups in total. The van der Waals surface area contributed by atoms with Gasteiger partial charge >= 0.3 is 17.9 Å². The highest BCUT2D eigenvalue weighted by Crippen LogP contribution is 2.41. The summed E-state index contributed by atoms with van der Waals surface area (Å²) in [7, 11) is 1.17. The molecule has 8 fully saturated rings. The number of unbranched alkanes of at least 4 members (excludes halogenated alkanes) is 2. The molecule has 8 rings (SSSR count). The number of carbonyl (C=O) groups excluding carboxylic acids is 3. The summed E-state index contributed by atoms with van der Waals surface area (Å²) in [5.74, 6) is -4.17. The van der Waals surface area contributed by atoms with Crippen molar-refractivity contribution < 1.29 is 196 Å². The van der Waals surface area contributed by atoms with Gasteiger partial charge in [-0.1, -0.05) is 32.3 Å². The molecule has 0 bridgehead atoms. The van der Waals surface area contributed by atoms with Gasteiger partial charge in [0.2, 0.25) is 0 Å². The number of aliphatic hydroxyl groups is 18. The Morgan fingerprint density at radius 2 is 0.798 bits per heavy atom. The van der Waals surface area contributed by atoms with Gasteiger partial charge in [-0.3, -0.25) is 9.59 Å². The van der Waals surface area contributed by atoms with E-state index in [2.05, 4.69) is 0 Å². The molecule has 0 aromatic heterocycles. The van der Waals surface area contributed by atoms with Crippen molar-refractivity contribution in [3.05, 3.63) is 11.6 Å². The number of esters is 3. The largest absolute Gasteiger partial charge is 0.456 e. The molecule has 632 valence electrons. The molecule has 8 saturated heterocycles. The molecule has 0 aromatic rings. The maximum absolute atomic E-state index is 14.9. The zero-order valence-corrected chi connectivity index (χ0v) is 62.8. The van der Waals surface area contributed by atoms with Crippen LogP contribution in [-0.4, -0.2) is 388 Å². The molecular formula is C69H116O40. The number of rotatable bonds is 31. The van der Waals surface area contributed by atoms with Crippen LogP contribution in [0.3, 0.4) is 0 Å². The first-order chi connectivity index (χ1) is 51.4. The maximum atomic E-state index is 14.9. The Morgan fingerprint density at radius 1 is 0.394 bits per heavy atom. The van der Waals surface area contributed by atoms with Gasteiger partial charge in [0.15, 0.2) is 68.6 Å². The van der Waals surface area contributed by atoms with Crippen molar-refractivity contribution in [1.29, 1.82) is 0 Å². The third kappa shape index (κ3) is 21.3. The van der Waals surface area contributed by atoms with Crippen LogP contribution in [0.15, 0.2) is 11.6 Å². The Labute approximate surface area is 629 Å². The second-order valence-corrected chi connectivity index (χ2v) is 29.3. The lowest BCUT2D eigenvalue weighted by Gasteiger charge is -2.52. The van der Waals surface area contributed by atoms with E-state index in [0.29, 0.717) is 25.7 Å². The highest BCUT2D eigenvalue weighted by atomic mass is 16.8. The Morgan fingerprint density at radius 3 is 1.32 bits per heavy atom. The standard InChI is InChI=1S/C69H116O40/c1-13-18-32(98-62-47(85)41(79)36(74)26(6)92-62)19-16-15-17-20-35(73)101-59-58(109-68-56(44(82)39(77)34(22-71)100-68)106-65-50(88)54(52(30(10)96-65)103-60(89)23(3)14-2)105-63-48(86)42(80)37(75)27(7)93-63)53(104-64-49(87)46(84)51(29(9)95-64)102-61(90)24(4)25(5)72)31(11)97-69(59)108-57-45(83)40(78)33(21-70)99-67(57)107-55-43(81)38(76)28(8)94-66(55)91-12/h14,24-34,36-59,62-72,74-88H,13,15-22H2,1-12H3/b23-14+/t24-,25-,26-,27+,28-,29-,30-,31+,32+,33-,34-,36-,37+,38+,39-,40-,41+,42-,43+,44+,45+,46-,47-,48-,49-,50-,51-,52-,53+,54-,55-,56-,57-,58-,59-,62+,63+,64+,65+,66+,67+,68+,69+/m1/s1. The van der Waals surface area contributed by atoms with Gasteiger partial charge in [-0.25, -0.2) is 4.79 Å². The molecule has 0 spiro atoms. The van der Waals surface area contributed by atoms with Crippen molar-refractivity contribution in [1.82, 2.24) is 0 Å². The number of hydrogen-bond acceptors (Lipinski definition) is 40. The van der Waals surface area contributed by atoms with E-state index in [1.165, 1.54) is 82.4 Å². The topological polar surface area (TPSA) is 591 Å². The molecule has 0 aromatic carbocycles. The molecule has 0 saturated carbocycles. The minimum atomic E-state index is -2.30. The normalized spacial score (nSPS) is 46.8. The number of aliphatic hydroxyl groups excluding tert-OH is 18. The maximum Gasteiger partial charge on any atom is 0.333 e. The Hall–Kier alpha value is -3.21. The van der Waals surface area contributed by atoms with Crippen molar-refractivity contribution >= 4 is 17.9 Å². The molecule has 0 radical (unpaired) electrons. The van der Waals surface area contributed by atoms with Crippen molar-refractivity contribution in [3.63, 3.8) is 0 Å². The Balaban J connectivity index is 1.20. The molecule has 109 heavy (non-hydrogen) atoms. The molecule has 8 aliphatic heterocycles. The number of methoxy groups -OCH3 is 1. The fourth-order valence-electron chi connectivity index (χ4n) is 14.0. The lowest BCUT2D eigenvalue weighted by molar-refractivity contribution is -0.415. The average molecular weight is 1590 g/mol. The molecule has 0 unspecified atom stereocenters. The predicted molar refractivity (Wildman–Crippen MR) is 357 cm³/mol. The van der Waals surface area contributed by atoms with Crippen molar-refractivity contribution in [2.24, 2.45) is 5.92 Å². The smallest absolute Gasteiger partial charge is 0.333 e. The average Bonchev–Trinajstić information content (AvgIpc) is 0.758. The summed E-state index contributed by atoms with van der Waals surface area (Å²) >= 11 is 0. The van der Waals surface area contributed by atoms with Gasteiger partial charge in [-0.05, 0) is 88.5 Å². The summed E-state index contributed by atoms with van der Waals surface area (Å²) in [6, 6.07) is 0. The number of hydrogen-bond donors (Lipinski definition) is 18. The zero-order chi connectivity index (χ0) is 80.6. The third-order valence-electron chi connectivity index (χ3n) is 21.2. The van der Waals surface area contributed by atoms with Crippen LogP contribution in [0.1, 0.15) is 121 Å². The molecule has 40 heteroatoms. The van der Waals surface area contributed by atoms with Gasteiger partial charge in [0.1, 0.15) is 140 Å². The van der Waals surface area contributed by atoms with Crippen molar-refractivity contribution in [2.75, 3.05) is 20.3 Å². The Kier molecular flexibility index (Phi) is 34.0. The Bertz CT molecular complexity index is 2830. The summed E-state index contributed by atoms with van der Waals surface area (Å²) in [6.45, 7) is 13.6. The van der Waals surface area contributed by atoms with E-state index in [4.69, 9.17) is 90.0 Å². The van der Waals surface area contributed by atoms with Gasteiger partial charge in [-0.2, -0.15) is 0 Å². The second kappa shape index (κ2) is 40.6. The van der Waals surface area contributed by atoms with Crippen LogP contribution in [-0.2, 0) is 104 Å². The SMILES string of the molecule is C/C=C(\C)C(=O)O[C@H]1[C@H](O[C@@H]2O[C@@H](C)[C@H](O)[C@@H](O)[C@H]2O)[C@@H](O)[C@H](O[C@H]2[C@H](O[C@@H]3[C@@H](O[C@@H]4O[C@H](C)[C@@H](OC(=O)[C@H](C)[C@@H](C)O)[C@H](O)[C@H]4O)[C@H](C)O[C@@H](O[C@H]4[C@H](O[C@H]5[C@@H](OC)O[C@H](C)[C@H](O)[C@@H]5O)O[C@H](CO)[C@@H](O)[C@@H]4O)[C@@H]3OC(=O)CCCCC[C@H](CCC)O[C@@H]3O[C@H](C)[C@@H](O)[C@H](O)[C@H]3O)O[C@H](CO)[C@@H](O)[C@@H]2O)O[C@@H]1C. The highest BCUT2D eigenvalue weighted by Gasteiger charge is 2.61. The number of carbonyl (C=O) groups is 3. The van der Waals surface area contributed by atoms with Gasteiger partial charge < -0.3 is 182 Å². The van der Waals surface area contributed by atoms with E-state index >= 15 is 0 Å². The minimum Gasteiger partial charge on any atom is -0.456 e. The van der Waals surface area contributed by atoms with E-state index in [0.717, 1.165) is 0 Å². The first kappa shape index (κ1) is 91.3. The molecular weight excluding hydrogens is 1470 g/mol. The van der Waals surface area contributed by atoms with Crippen LogP contribution in [0.2, 0.25) is 0 Å². The van der Waals surface area contributed by atoms with Gasteiger partial charge in [0, 0.05) is 19.1 Å². The fraction of sp³-hybridized carbons (Fsp3) is 0.928. The highest BCUT2D eigenvalue weighted by molar-refractivity contribution is 5.87. The van der Waals surface area contributed by atoms with E-state index in [1.54, 1.807) is 0 Å². The summed E-state index contributed by atoms with van der Waals surface area (Å²) in [6.07, 6.45) is -71.5. The predicted octanol–water partition coefficient (Wildman–Crippen LogP) is -6.89. The van der Waals surface area contributed by atoms with Crippen LogP contribution in [0.5, 0.6) is 0 Å². The minimum absolute atomic E-state index is 0.0403. The third-order valence-corrected chi connectivity index (χ3v) is 21.2. The van der Waals surface area contributed by atoms with Crippen molar-refractivity contribution in [3.8, 4) is 0 Å². The summed E-state index contributed by atoms with van der Waals surface area (Å²) in [5, 5.41) is 202. The van der Waals surface area contributed by atoms with Gasteiger partial charge in [0.05, 0.1) is 68.0 Å². The fourth-order valence-corrected chi connectivity index (χ4v) is 14.0. The van der Waals surface area contributed by atoms with Crippen LogP contribution in [0, 0.1) is 5.92 Å². The lowest BCUT2D eigenvalue weighted by atomic mass is 9.95. The molecule has 8 aliphatic rings. The van der Waals surface area contributed by atoms with Crippen LogP contribution in [0.25, 0.3) is 0 Å². The first-order valence-electron chi connectivity index (χ1n) is 37.1. The lowest BCUT2D eigenvalue weighted by Crippen LogP contribution is -2.69. The van der Waals surface area contributed by atoms with Crippen LogP contribution in [0.4, 0.5) is 0 Å². The second-order valence-electron chi connectivity index (χ2n) is 29.3. The molecule has 40 nitrogen and oxygen atoms in total. The van der Waals surface area contributed by atoms with E-state index in [9.17, 15) is 106 Å². The monoisotopic (exact) mass is 1580 g/mol. The van der Waals surface area contributed by atoms with Crippen LogP contribution >= 0.6 is 0 Å². The van der Waals surface area contributed by atoms with E-state index in [-0.39, 0.29) is 18.4 Å². The van der Waals surface area contributed by atoms with Gasteiger partial charge in [0.25, 0.3) is 0 Å². The molecule has 0 amide bonds. The molecule has 0 aliphatic carbocycles. The van der Waals surface area contributed by atoms with Crippen LogP contribution < -0.4 is 0 Å². The summed E-state index contributed by atoms with van der Waals surface area (Å²) in [5.41, 5.74) is 0.0707. The number of allylic oxidation sites excluding steroid dienone is 1. The van der Waals surface area contributed by atoms with Gasteiger partial charge in [-0.15, -0.1) is 0 Å². The zero-order valence-electron chi connectivity index (χ0n) is 62.8. The van der Waals surface area contributed by atoms with E-state index < -0.39 is 301 Å². The molecule has 8 heterocycles. The summed E-state index contributed by atoms with van der Waals surface area (Å²) in [4.78, 5) is 41.6. The van der Waals surface area contributed by atoms with E-state index in [1.807, 2.05) is 6.92 Å². The quantitative estimate of drug-likeness (QED) is 0.0133. The summed E-state index contributed by atoms with van der Waals surface area (Å²) < 4.78 is 116. The van der Waals surface area contributed by atoms with Crippen molar-refractivity contribution in [2.45, 2.75) is 379 Å².